The summed E-state index contributed by atoms with van der Waals surface area (Å²) in [5.74, 6) is 3.62. The van der Waals surface area contributed by atoms with Crippen LogP contribution in [0.15, 0.2) is 299 Å². The molecular formula is C80H91Br3O9. The lowest BCUT2D eigenvalue weighted by Gasteiger charge is -1.91. The first-order chi connectivity index (χ1) is 44.9. The zero-order chi connectivity index (χ0) is 71.3. The minimum absolute atomic E-state index is 0.692. The molecule has 0 radical (unpaired) electrons. The van der Waals surface area contributed by atoms with Crippen molar-refractivity contribution in [1.29, 1.82) is 0 Å². The molecule has 0 saturated carbocycles. The summed E-state index contributed by atoms with van der Waals surface area (Å²) in [5, 5.41) is 0. The number of alkyl halides is 2. The van der Waals surface area contributed by atoms with Gasteiger partial charge in [-0.3, -0.25) is 43.2 Å². The van der Waals surface area contributed by atoms with Crippen LogP contribution in [0.1, 0.15) is 145 Å². The van der Waals surface area contributed by atoms with Gasteiger partial charge in [0.1, 0.15) is 56.6 Å². The van der Waals surface area contributed by atoms with Crippen molar-refractivity contribution >= 4 is 110 Å². The highest BCUT2D eigenvalue weighted by Crippen LogP contribution is 2.09. The van der Waals surface area contributed by atoms with Gasteiger partial charge in [0.15, 0.2) is 0 Å². The summed E-state index contributed by atoms with van der Waals surface area (Å²) in [6.45, 7) is 32.8. The molecule has 0 aliphatic heterocycles. The van der Waals surface area contributed by atoms with Gasteiger partial charge in [-0.15, -0.1) is 32.9 Å². The van der Waals surface area contributed by atoms with Crippen LogP contribution in [-0.4, -0.2) is 68.2 Å². The van der Waals surface area contributed by atoms with Gasteiger partial charge < -0.3 is 0 Å². The van der Waals surface area contributed by atoms with Crippen LogP contribution in [0.5, 0.6) is 0 Å². The Bertz CT molecular complexity index is 2820. The third kappa shape index (κ3) is 62.0. The van der Waals surface area contributed by atoms with Gasteiger partial charge in [-0.25, -0.2) is 0 Å². The molecule has 0 N–H and O–H groups in total. The molecule has 486 valence electrons. The molecule has 0 bridgehead atoms. The molecule has 12 heteroatoms. The Labute approximate surface area is 575 Å². The molecule has 9 rings (SSSR count). The fraction of sp³-hybridized carbons (Fsp3) is 0.113. The Balaban J connectivity index is -0.000000172. The third-order valence-electron chi connectivity index (χ3n) is 9.36. The monoisotopic (exact) mass is 1430 g/mol. The first kappa shape index (κ1) is 96.0. The van der Waals surface area contributed by atoms with Gasteiger partial charge in [0, 0.05) is 54.5 Å². The highest BCUT2D eigenvalue weighted by Gasteiger charge is 1.90. The lowest BCUT2D eigenvalue weighted by Crippen LogP contribution is -1.78. The van der Waals surface area contributed by atoms with E-state index in [2.05, 4.69) is 87.3 Å². The maximum absolute atomic E-state index is 10.2. The molecule has 0 aliphatic carbocycles. The minimum atomic E-state index is 0.692. The van der Waals surface area contributed by atoms with Crippen LogP contribution in [0.4, 0.5) is 0 Å². The average molecular weight is 1440 g/mol. The van der Waals surface area contributed by atoms with E-state index in [0.29, 0.717) is 11.1 Å². The molecule has 0 spiro atoms. The van der Waals surface area contributed by atoms with E-state index >= 15 is 0 Å². The number of benzene rings is 9. The lowest BCUT2D eigenvalue weighted by atomic mass is 10.1. The predicted molar refractivity (Wildman–Crippen MR) is 405 cm³/mol. The summed E-state index contributed by atoms with van der Waals surface area (Å²) in [5.41, 5.74) is 9.81. The van der Waals surface area contributed by atoms with Gasteiger partial charge in [0.05, 0.1) is 0 Å². The molecule has 92 heavy (non-hydrogen) atoms. The second-order valence-corrected chi connectivity index (χ2v) is 16.7. The number of hydrogen-bond donors (Lipinski definition) is 0. The molecule has 0 fully saturated rings. The van der Waals surface area contributed by atoms with Gasteiger partial charge in [0.25, 0.3) is 0 Å². The Hall–Kier alpha value is -9.59. The number of carbonyl (C=O) groups is 9. The maximum Gasteiger partial charge on any atom is 0.150 e. The standard InChI is InChI=1S/C9H8O.2C8H8O.C7H5BrO.5C7H6O.C3H6.2C2H6.2C2H4.2CH3Br/c1-2-8-4-3-5-9(6-8)7-10;1-7-2-4-8(6-9)5-3-7;1-7-3-2-4-8(5-7)6-9;8-7-3-1-6(5-9)2-4-7;5*8-6-7-4-2-1-3-5-7;1-3-2;6*1-2/h2-7H,1H2;2*2-6H,1H3;1-5H;5*1-6H;3H,1H2,2H3;2*1-2H3;2*1-2H2;2*1H3. The van der Waals surface area contributed by atoms with E-state index in [0.717, 1.165) is 111 Å². The number of rotatable bonds is 10. The molecule has 0 amide bonds. The second kappa shape index (κ2) is 79.4. The molecule has 0 unspecified atom stereocenters. The van der Waals surface area contributed by atoms with E-state index in [9.17, 15) is 43.2 Å². The average Bonchev–Trinajstić information content (AvgIpc) is 3.86. The van der Waals surface area contributed by atoms with Crippen LogP contribution in [-0.2, 0) is 0 Å². The quantitative estimate of drug-likeness (QED) is 0.0739. The minimum Gasteiger partial charge on any atom is -0.298 e. The summed E-state index contributed by atoms with van der Waals surface area (Å²) in [4.78, 5) is 90.7. The molecule has 9 aromatic carbocycles. The van der Waals surface area contributed by atoms with Crippen LogP contribution < -0.4 is 0 Å². The van der Waals surface area contributed by atoms with E-state index in [1.54, 1.807) is 103 Å². The van der Waals surface area contributed by atoms with Crippen molar-refractivity contribution in [2.75, 3.05) is 11.7 Å². The summed E-state index contributed by atoms with van der Waals surface area (Å²) in [6.07, 6.45) is 11.0. The number of aldehydes is 9. The molecule has 0 saturated heterocycles. The number of aryl methyl sites for hydroxylation is 2. The fourth-order valence-electron chi connectivity index (χ4n) is 5.35. The van der Waals surface area contributed by atoms with Gasteiger partial charge in [-0.1, -0.05) is 330 Å². The van der Waals surface area contributed by atoms with Crippen molar-refractivity contribution in [1.82, 2.24) is 0 Å². The van der Waals surface area contributed by atoms with Crippen molar-refractivity contribution in [3.63, 3.8) is 0 Å². The van der Waals surface area contributed by atoms with Crippen LogP contribution in [0.2, 0.25) is 0 Å². The molecule has 0 aliphatic rings. The number of halogens is 3. The van der Waals surface area contributed by atoms with E-state index in [1.807, 2.05) is 218 Å². The normalized spacial score (nSPS) is 7.78. The molecule has 9 nitrogen and oxygen atoms in total. The summed E-state index contributed by atoms with van der Waals surface area (Å²) >= 11 is 9.13. The third-order valence-corrected chi connectivity index (χ3v) is 9.89. The summed E-state index contributed by atoms with van der Waals surface area (Å²) in [7, 11) is 0. The Morgan fingerprint density at radius 1 is 0.261 bits per heavy atom. The van der Waals surface area contributed by atoms with E-state index in [1.165, 1.54) is 5.56 Å². The zero-order valence-corrected chi connectivity index (χ0v) is 59.3. The summed E-state index contributed by atoms with van der Waals surface area (Å²) < 4.78 is 0.994. The van der Waals surface area contributed by atoms with E-state index in [4.69, 9.17) is 0 Å². The highest BCUT2D eigenvalue weighted by molar-refractivity contribution is 9.10. The second-order valence-electron chi connectivity index (χ2n) is 15.8. The first-order valence-corrected chi connectivity index (χ1v) is 32.2. The molecular weight excluding hydrogens is 1340 g/mol. The van der Waals surface area contributed by atoms with E-state index in [-0.39, 0.29) is 0 Å². The predicted octanol–water partition coefficient (Wildman–Crippen LogP) is 22.4. The largest absolute Gasteiger partial charge is 0.298 e. The van der Waals surface area contributed by atoms with Gasteiger partial charge in [-0.2, -0.15) is 0 Å². The van der Waals surface area contributed by atoms with Crippen LogP contribution >= 0.6 is 47.8 Å². The Morgan fingerprint density at radius 3 is 0.663 bits per heavy atom. The van der Waals surface area contributed by atoms with E-state index < -0.39 is 0 Å². The van der Waals surface area contributed by atoms with Crippen LogP contribution in [0.25, 0.3) is 6.08 Å². The maximum atomic E-state index is 10.2. The zero-order valence-electron chi connectivity index (χ0n) is 54.6. The summed E-state index contributed by atoms with van der Waals surface area (Å²) in [6, 6.07) is 74.9. The SMILES string of the molecule is C=C.C=C.C=CC.C=Cc1cccc(C=O)c1.CBr.CBr.CC.CC.Cc1ccc(C=O)cc1.Cc1cccc(C=O)c1.O=Cc1ccc(Br)cc1.O=Cc1ccccc1.O=Cc1ccccc1.O=Cc1ccccc1.O=Cc1ccccc1.O=Cc1ccccc1. The number of allylic oxidation sites excluding steroid dienone is 1. The van der Waals surface area contributed by atoms with Crippen molar-refractivity contribution in [3.05, 3.63) is 366 Å². The highest BCUT2D eigenvalue weighted by atomic mass is 79.9. The van der Waals surface area contributed by atoms with Gasteiger partial charge in [0.2, 0.25) is 0 Å². The van der Waals surface area contributed by atoms with Crippen LogP contribution in [0, 0.1) is 13.8 Å². The Morgan fingerprint density at radius 2 is 0.457 bits per heavy atom. The molecule has 0 aromatic heterocycles. The van der Waals surface area contributed by atoms with Gasteiger partial charge in [-0.05, 0) is 62.3 Å². The molecule has 9 aromatic rings. The molecule has 0 heterocycles. The first-order valence-electron chi connectivity index (χ1n) is 28.2. The van der Waals surface area contributed by atoms with Crippen molar-refractivity contribution in [3.8, 4) is 0 Å². The number of carbonyl (C=O) groups excluding carboxylic acids is 9. The van der Waals surface area contributed by atoms with Crippen molar-refractivity contribution in [2.45, 2.75) is 48.5 Å². The lowest BCUT2D eigenvalue weighted by molar-refractivity contribution is 0.111. The van der Waals surface area contributed by atoms with Crippen LogP contribution in [0.3, 0.4) is 0 Å². The number of hydrogen-bond acceptors (Lipinski definition) is 9. The smallest absolute Gasteiger partial charge is 0.150 e. The molecule has 0 atom stereocenters. The Kier molecular flexibility index (Phi) is 82.9. The topological polar surface area (TPSA) is 154 Å². The van der Waals surface area contributed by atoms with Gasteiger partial charge >= 0.3 is 0 Å². The van der Waals surface area contributed by atoms with Crippen molar-refractivity contribution in [2.24, 2.45) is 0 Å². The fourth-order valence-corrected chi connectivity index (χ4v) is 5.61. The van der Waals surface area contributed by atoms with Crippen molar-refractivity contribution < 1.29 is 43.2 Å².